The van der Waals surface area contributed by atoms with Gasteiger partial charge in [-0.05, 0) is 48.6 Å². The molecular formula is C23H29N3O2. The fraction of sp³-hybridized carbons (Fsp3) is 0.478. The molecule has 2 aliphatic rings. The van der Waals surface area contributed by atoms with E-state index < -0.39 is 5.54 Å². The summed E-state index contributed by atoms with van der Waals surface area (Å²) in [6.45, 7) is 6.49. The predicted octanol–water partition coefficient (Wildman–Crippen LogP) is 3.87. The highest BCUT2D eigenvalue weighted by atomic mass is 16.2. The Labute approximate surface area is 166 Å². The average Bonchev–Trinajstić information content (AvgIpc) is 2.90. The lowest BCUT2D eigenvalue weighted by atomic mass is 9.85. The van der Waals surface area contributed by atoms with E-state index in [9.17, 15) is 9.59 Å². The van der Waals surface area contributed by atoms with Crippen LogP contribution in [0.5, 0.6) is 0 Å². The Bertz CT molecular complexity index is 902. The van der Waals surface area contributed by atoms with Gasteiger partial charge in [0.25, 0.3) is 5.91 Å². The van der Waals surface area contributed by atoms with Crippen LogP contribution in [-0.4, -0.2) is 58.4 Å². The SMILES string of the molecule is CC[C@H](C)N1CCC2(CC1)C(=O)N(Cc1ccc3ccccc3c1)C(=O)N2C. The van der Waals surface area contributed by atoms with E-state index in [1.54, 1.807) is 11.9 Å². The third kappa shape index (κ3) is 2.98. The summed E-state index contributed by atoms with van der Waals surface area (Å²) < 4.78 is 0. The first-order valence-electron chi connectivity index (χ1n) is 10.3. The summed E-state index contributed by atoms with van der Waals surface area (Å²) in [5.41, 5.74) is 0.320. The topological polar surface area (TPSA) is 43.9 Å². The van der Waals surface area contributed by atoms with Crippen LogP contribution in [0.4, 0.5) is 4.79 Å². The smallest absolute Gasteiger partial charge is 0.312 e. The first-order chi connectivity index (χ1) is 13.5. The summed E-state index contributed by atoms with van der Waals surface area (Å²) in [5, 5.41) is 2.29. The summed E-state index contributed by atoms with van der Waals surface area (Å²) >= 11 is 0. The largest absolute Gasteiger partial charge is 0.327 e. The number of likely N-dealkylation sites (N-methyl/N-ethyl adjacent to an activating group) is 1. The van der Waals surface area contributed by atoms with Crippen molar-refractivity contribution in [2.75, 3.05) is 20.1 Å². The number of fused-ring (bicyclic) bond motifs is 1. The van der Waals surface area contributed by atoms with Crippen molar-refractivity contribution in [3.05, 3.63) is 48.0 Å². The second kappa shape index (κ2) is 7.21. The molecular weight excluding hydrogens is 350 g/mol. The fourth-order valence-electron chi connectivity index (χ4n) is 4.65. The van der Waals surface area contributed by atoms with Crippen molar-refractivity contribution in [1.82, 2.24) is 14.7 Å². The number of carbonyl (C=O) groups excluding carboxylic acids is 2. The zero-order valence-electron chi connectivity index (χ0n) is 17.0. The Kier molecular flexibility index (Phi) is 4.88. The number of urea groups is 1. The van der Waals surface area contributed by atoms with E-state index in [2.05, 4.69) is 43.0 Å². The standard InChI is InChI=1S/C23H29N3O2/c1-4-17(2)25-13-11-23(12-14-25)21(27)26(22(28)24(23)3)16-18-9-10-19-7-5-6-8-20(19)15-18/h5-10,15,17H,4,11-14,16H2,1-3H3/t17-/m0/s1. The number of likely N-dealkylation sites (tertiary alicyclic amines) is 1. The molecule has 148 valence electrons. The van der Waals surface area contributed by atoms with Crippen LogP contribution in [0.15, 0.2) is 42.5 Å². The van der Waals surface area contributed by atoms with Crippen LogP contribution in [0.1, 0.15) is 38.7 Å². The fourth-order valence-corrected chi connectivity index (χ4v) is 4.65. The van der Waals surface area contributed by atoms with Gasteiger partial charge in [0.05, 0.1) is 6.54 Å². The number of carbonyl (C=O) groups is 2. The van der Waals surface area contributed by atoms with Crippen molar-refractivity contribution >= 4 is 22.7 Å². The van der Waals surface area contributed by atoms with Crippen molar-refractivity contribution < 1.29 is 9.59 Å². The molecule has 2 aromatic rings. The van der Waals surface area contributed by atoms with Crippen molar-refractivity contribution in [1.29, 1.82) is 0 Å². The maximum atomic E-state index is 13.4. The first-order valence-corrected chi connectivity index (χ1v) is 10.3. The van der Waals surface area contributed by atoms with Gasteiger partial charge in [0.1, 0.15) is 5.54 Å². The number of nitrogens with zero attached hydrogens (tertiary/aromatic N) is 3. The summed E-state index contributed by atoms with van der Waals surface area (Å²) in [6.07, 6.45) is 2.53. The summed E-state index contributed by atoms with van der Waals surface area (Å²) in [4.78, 5) is 31.9. The lowest BCUT2D eigenvalue weighted by Gasteiger charge is -2.42. The van der Waals surface area contributed by atoms with E-state index in [1.165, 1.54) is 4.90 Å². The van der Waals surface area contributed by atoms with Gasteiger partial charge in [-0.3, -0.25) is 9.69 Å². The lowest BCUT2D eigenvalue weighted by Crippen LogP contribution is -2.56. The van der Waals surface area contributed by atoms with Gasteiger partial charge in [-0.2, -0.15) is 0 Å². The second-order valence-corrected chi connectivity index (χ2v) is 8.24. The summed E-state index contributed by atoms with van der Waals surface area (Å²) in [7, 11) is 1.79. The summed E-state index contributed by atoms with van der Waals surface area (Å²) in [6, 6.07) is 14.6. The van der Waals surface area contributed by atoms with E-state index in [-0.39, 0.29) is 11.9 Å². The van der Waals surface area contributed by atoms with E-state index in [0.29, 0.717) is 25.4 Å². The van der Waals surface area contributed by atoms with Crippen LogP contribution in [0.25, 0.3) is 10.8 Å². The maximum absolute atomic E-state index is 13.4. The first kappa shape index (κ1) is 18.9. The number of piperidine rings is 1. The molecule has 2 saturated heterocycles. The Morgan fingerprint density at radius 2 is 1.71 bits per heavy atom. The van der Waals surface area contributed by atoms with Gasteiger partial charge in [0, 0.05) is 26.2 Å². The highest BCUT2D eigenvalue weighted by Gasteiger charge is 2.56. The molecule has 2 aliphatic heterocycles. The van der Waals surface area contributed by atoms with Gasteiger partial charge in [-0.15, -0.1) is 0 Å². The van der Waals surface area contributed by atoms with E-state index in [1.807, 2.05) is 18.2 Å². The van der Waals surface area contributed by atoms with Crippen LogP contribution >= 0.6 is 0 Å². The second-order valence-electron chi connectivity index (χ2n) is 8.24. The van der Waals surface area contributed by atoms with Gasteiger partial charge in [-0.1, -0.05) is 43.3 Å². The molecule has 0 aromatic heterocycles. The van der Waals surface area contributed by atoms with Crippen molar-refractivity contribution in [3.63, 3.8) is 0 Å². The number of amides is 3. The van der Waals surface area contributed by atoms with Crippen LogP contribution < -0.4 is 0 Å². The van der Waals surface area contributed by atoms with Gasteiger partial charge in [0.15, 0.2) is 0 Å². The normalized spacial score (nSPS) is 21.1. The monoisotopic (exact) mass is 379 g/mol. The molecule has 0 aliphatic carbocycles. The average molecular weight is 380 g/mol. The Morgan fingerprint density at radius 1 is 1.04 bits per heavy atom. The highest BCUT2D eigenvalue weighted by molar-refractivity contribution is 6.07. The molecule has 5 heteroatoms. The van der Waals surface area contributed by atoms with Crippen molar-refractivity contribution in [2.45, 2.75) is 51.2 Å². The quantitative estimate of drug-likeness (QED) is 0.758. The van der Waals surface area contributed by atoms with Crippen LogP contribution in [0.3, 0.4) is 0 Å². The van der Waals surface area contributed by atoms with Crippen LogP contribution in [-0.2, 0) is 11.3 Å². The Hall–Kier alpha value is -2.40. The Balaban J connectivity index is 1.54. The molecule has 28 heavy (non-hydrogen) atoms. The minimum absolute atomic E-state index is 0.0306. The van der Waals surface area contributed by atoms with Crippen molar-refractivity contribution in [2.24, 2.45) is 0 Å². The number of hydrogen-bond acceptors (Lipinski definition) is 3. The van der Waals surface area contributed by atoms with E-state index >= 15 is 0 Å². The predicted molar refractivity (Wildman–Crippen MR) is 111 cm³/mol. The number of benzene rings is 2. The minimum Gasteiger partial charge on any atom is -0.312 e. The van der Waals surface area contributed by atoms with Crippen LogP contribution in [0, 0.1) is 0 Å². The minimum atomic E-state index is -0.669. The molecule has 5 nitrogen and oxygen atoms in total. The molecule has 1 spiro atoms. The lowest BCUT2D eigenvalue weighted by molar-refractivity contribution is -0.135. The number of rotatable bonds is 4. The molecule has 0 saturated carbocycles. The van der Waals surface area contributed by atoms with Gasteiger partial charge in [-0.25, -0.2) is 4.79 Å². The number of imide groups is 1. The molecule has 3 amide bonds. The number of hydrogen-bond donors (Lipinski definition) is 0. The zero-order chi connectivity index (χ0) is 19.9. The molecule has 2 fully saturated rings. The van der Waals surface area contributed by atoms with Crippen molar-refractivity contribution in [3.8, 4) is 0 Å². The van der Waals surface area contributed by atoms with Crippen LogP contribution in [0.2, 0.25) is 0 Å². The van der Waals surface area contributed by atoms with Gasteiger partial charge in [0.2, 0.25) is 0 Å². The summed E-state index contributed by atoms with van der Waals surface area (Å²) in [5.74, 6) is -0.0306. The maximum Gasteiger partial charge on any atom is 0.327 e. The Morgan fingerprint density at radius 3 is 2.39 bits per heavy atom. The molecule has 0 bridgehead atoms. The van der Waals surface area contributed by atoms with E-state index in [0.717, 1.165) is 35.8 Å². The molecule has 2 aromatic carbocycles. The van der Waals surface area contributed by atoms with Gasteiger partial charge < -0.3 is 9.80 Å². The molecule has 2 heterocycles. The molecule has 1 atom stereocenters. The van der Waals surface area contributed by atoms with E-state index in [4.69, 9.17) is 0 Å². The van der Waals surface area contributed by atoms with Gasteiger partial charge >= 0.3 is 6.03 Å². The zero-order valence-corrected chi connectivity index (χ0v) is 17.0. The molecule has 0 unspecified atom stereocenters. The third-order valence-electron chi connectivity index (χ3n) is 6.80. The molecule has 0 N–H and O–H groups in total. The molecule has 4 rings (SSSR count). The molecule has 0 radical (unpaired) electrons. The third-order valence-corrected chi connectivity index (χ3v) is 6.80. The highest BCUT2D eigenvalue weighted by Crippen LogP contribution is 2.37.